The monoisotopic (exact) mass is 525 g/mol. The first-order chi connectivity index (χ1) is 18.4. The minimum absolute atomic E-state index is 0.114. The molecular weight excluding hydrogens is 478 g/mol. The lowest BCUT2D eigenvalue weighted by Gasteiger charge is -2.52. The zero-order chi connectivity index (χ0) is 26.7. The van der Waals surface area contributed by atoms with E-state index >= 15 is 0 Å². The molecule has 2 unspecified atom stereocenters. The van der Waals surface area contributed by atoms with Gasteiger partial charge in [0.15, 0.2) is 0 Å². The van der Waals surface area contributed by atoms with Gasteiger partial charge in [0.05, 0.1) is 6.61 Å². The van der Waals surface area contributed by atoms with Gasteiger partial charge in [-0.05, 0) is 50.7 Å². The molecule has 1 aromatic rings. The molecular formula is C31H47N3O4. The molecule has 7 heteroatoms. The van der Waals surface area contributed by atoms with E-state index < -0.39 is 0 Å². The highest BCUT2D eigenvalue weighted by molar-refractivity contribution is 5.97. The number of nitrogens with zero attached hydrogens (tertiary/aromatic N) is 3. The van der Waals surface area contributed by atoms with Gasteiger partial charge in [0.1, 0.15) is 5.60 Å². The predicted molar refractivity (Wildman–Crippen MR) is 148 cm³/mol. The summed E-state index contributed by atoms with van der Waals surface area (Å²) in [5.41, 5.74) is 2.68. The highest BCUT2D eigenvalue weighted by atomic mass is 16.6. The van der Waals surface area contributed by atoms with Crippen molar-refractivity contribution in [2.75, 3.05) is 52.5 Å². The van der Waals surface area contributed by atoms with Crippen LogP contribution in [0.2, 0.25) is 0 Å². The summed E-state index contributed by atoms with van der Waals surface area (Å²) in [7, 11) is 0. The Kier molecular flexibility index (Phi) is 8.63. The van der Waals surface area contributed by atoms with Crippen molar-refractivity contribution in [3.8, 4) is 0 Å². The average molecular weight is 526 g/mol. The Morgan fingerprint density at radius 1 is 1.05 bits per heavy atom. The number of amides is 2. The van der Waals surface area contributed by atoms with E-state index in [2.05, 4.69) is 11.8 Å². The second kappa shape index (κ2) is 12.0. The number of piperidine rings is 2. The van der Waals surface area contributed by atoms with Gasteiger partial charge in [0.25, 0.3) is 5.91 Å². The fraction of sp³-hybridized carbons (Fsp3) is 0.742. The van der Waals surface area contributed by atoms with E-state index in [4.69, 9.17) is 9.47 Å². The van der Waals surface area contributed by atoms with E-state index in [1.807, 2.05) is 41.8 Å². The first kappa shape index (κ1) is 27.4. The summed E-state index contributed by atoms with van der Waals surface area (Å²) in [6.07, 6.45) is 8.28. The van der Waals surface area contributed by atoms with E-state index in [1.165, 1.54) is 12.8 Å². The zero-order valence-electron chi connectivity index (χ0n) is 23.8. The molecule has 2 atom stereocenters. The van der Waals surface area contributed by atoms with Crippen LogP contribution in [0.4, 0.5) is 4.79 Å². The van der Waals surface area contributed by atoms with Crippen molar-refractivity contribution in [3.05, 3.63) is 34.9 Å². The number of rotatable bonds is 7. The maximum Gasteiger partial charge on any atom is 0.410 e. The first-order valence-corrected chi connectivity index (χ1v) is 15.1. The molecule has 2 amide bonds. The SMILES string of the molecule is CCCCC1CN(CC2CCOC2)C(=O)OC12CCN(C1CCN(C(=O)c3c(C)cccc3C)CC1)CC2. The molecule has 0 aliphatic carbocycles. The van der Waals surface area contributed by atoms with Crippen LogP contribution in [-0.4, -0.2) is 90.8 Å². The topological polar surface area (TPSA) is 62.3 Å². The second-order valence-electron chi connectivity index (χ2n) is 12.2. The summed E-state index contributed by atoms with van der Waals surface area (Å²) in [5, 5.41) is 0. The largest absolute Gasteiger partial charge is 0.442 e. The van der Waals surface area contributed by atoms with E-state index in [0.29, 0.717) is 17.9 Å². The molecule has 1 aromatic carbocycles. The molecule has 0 saturated carbocycles. The lowest BCUT2D eigenvalue weighted by atomic mass is 9.75. The smallest absolute Gasteiger partial charge is 0.410 e. The summed E-state index contributed by atoms with van der Waals surface area (Å²) in [4.78, 5) is 33.0. The number of carbonyl (C=O) groups is 2. The Hall–Kier alpha value is -2.12. The van der Waals surface area contributed by atoms with Crippen LogP contribution in [0, 0.1) is 25.7 Å². The number of hydrogen-bond donors (Lipinski definition) is 0. The van der Waals surface area contributed by atoms with Crippen LogP contribution in [0.1, 0.15) is 79.8 Å². The number of carbonyl (C=O) groups excluding carboxylic acids is 2. The first-order valence-electron chi connectivity index (χ1n) is 15.1. The number of unbranched alkanes of at least 4 members (excludes halogenated alkanes) is 1. The highest BCUT2D eigenvalue weighted by Gasteiger charge is 2.50. The quantitative estimate of drug-likeness (QED) is 0.499. The van der Waals surface area contributed by atoms with Gasteiger partial charge >= 0.3 is 6.09 Å². The lowest BCUT2D eigenvalue weighted by molar-refractivity contribution is -0.127. The molecule has 210 valence electrons. The van der Waals surface area contributed by atoms with Gasteiger partial charge in [-0.25, -0.2) is 4.79 Å². The maximum atomic E-state index is 13.3. The van der Waals surface area contributed by atoms with E-state index in [-0.39, 0.29) is 17.6 Å². The van der Waals surface area contributed by atoms with Crippen LogP contribution in [0.15, 0.2) is 18.2 Å². The lowest BCUT2D eigenvalue weighted by Crippen LogP contribution is -2.61. The Balaban J connectivity index is 1.16. The second-order valence-corrected chi connectivity index (χ2v) is 12.2. The molecule has 4 heterocycles. The average Bonchev–Trinajstić information content (AvgIpc) is 3.43. The molecule has 4 saturated heterocycles. The van der Waals surface area contributed by atoms with Gasteiger partial charge in [-0.15, -0.1) is 0 Å². The van der Waals surface area contributed by atoms with E-state index in [0.717, 1.165) is 108 Å². The van der Waals surface area contributed by atoms with Crippen molar-refractivity contribution in [3.63, 3.8) is 0 Å². The normalized spacial score (nSPS) is 26.7. The van der Waals surface area contributed by atoms with Crippen molar-refractivity contribution >= 4 is 12.0 Å². The number of likely N-dealkylation sites (tertiary alicyclic amines) is 2. The van der Waals surface area contributed by atoms with Crippen LogP contribution >= 0.6 is 0 Å². The molecule has 4 aliphatic rings. The summed E-state index contributed by atoms with van der Waals surface area (Å²) >= 11 is 0. The van der Waals surface area contributed by atoms with Gasteiger partial charge in [-0.2, -0.15) is 0 Å². The molecule has 0 aromatic heterocycles. The number of aryl methyl sites for hydroxylation is 2. The van der Waals surface area contributed by atoms with Crippen molar-refractivity contribution in [1.82, 2.24) is 14.7 Å². The number of hydrogen-bond acceptors (Lipinski definition) is 5. The number of benzene rings is 1. The molecule has 5 rings (SSSR count). The van der Waals surface area contributed by atoms with Gasteiger partial charge in [-0.1, -0.05) is 38.0 Å². The number of ether oxygens (including phenoxy) is 2. The Labute approximate surface area is 228 Å². The van der Waals surface area contributed by atoms with E-state index in [1.54, 1.807) is 0 Å². The molecule has 4 aliphatic heterocycles. The summed E-state index contributed by atoms with van der Waals surface area (Å²) < 4.78 is 11.9. The molecule has 1 spiro atoms. The fourth-order valence-corrected chi connectivity index (χ4v) is 7.34. The minimum Gasteiger partial charge on any atom is -0.442 e. The maximum absolute atomic E-state index is 13.3. The molecule has 38 heavy (non-hydrogen) atoms. The van der Waals surface area contributed by atoms with Crippen LogP contribution in [-0.2, 0) is 9.47 Å². The third kappa shape index (κ3) is 5.74. The minimum atomic E-state index is -0.315. The van der Waals surface area contributed by atoms with E-state index in [9.17, 15) is 9.59 Å². The molecule has 0 radical (unpaired) electrons. The van der Waals surface area contributed by atoms with Crippen LogP contribution < -0.4 is 0 Å². The fourth-order valence-electron chi connectivity index (χ4n) is 7.34. The van der Waals surface area contributed by atoms with Gasteiger partial charge < -0.3 is 19.3 Å². The standard InChI is InChI=1S/C31H47N3O4/c1-4-5-9-26-21-34(20-25-12-19-37-22-25)30(36)38-31(26)13-17-32(18-14-31)27-10-15-33(16-11-27)29(35)28-23(2)7-6-8-24(28)3/h6-8,25-27H,4-5,9-22H2,1-3H3. The third-order valence-corrected chi connectivity index (χ3v) is 9.75. The van der Waals surface area contributed by atoms with Crippen molar-refractivity contribution in [2.45, 2.75) is 83.8 Å². The molecule has 0 N–H and O–H groups in total. The molecule has 4 fully saturated rings. The van der Waals surface area contributed by atoms with Gasteiger partial charge in [0, 0.05) is 82.2 Å². The molecule has 7 nitrogen and oxygen atoms in total. The molecule has 0 bridgehead atoms. The summed E-state index contributed by atoms with van der Waals surface area (Å²) in [6.45, 7) is 13.1. The zero-order valence-corrected chi connectivity index (χ0v) is 23.8. The highest BCUT2D eigenvalue weighted by Crippen LogP contribution is 2.42. The summed E-state index contributed by atoms with van der Waals surface area (Å²) in [6, 6.07) is 6.59. The van der Waals surface area contributed by atoms with Crippen molar-refractivity contribution in [1.29, 1.82) is 0 Å². The van der Waals surface area contributed by atoms with Crippen LogP contribution in [0.5, 0.6) is 0 Å². The Morgan fingerprint density at radius 2 is 1.76 bits per heavy atom. The van der Waals surface area contributed by atoms with Crippen molar-refractivity contribution < 1.29 is 19.1 Å². The predicted octanol–water partition coefficient (Wildman–Crippen LogP) is 5.04. The van der Waals surface area contributed by atoms with Crippen molar-refractivity contribution in [2.24, 2.45) is 11.8 Å². The van der Waals surface area contributed by atoms with Crippen LogP contribution in [0.25, 0.3) is 0 Å². The Morgan fingerprint density at radius 3 is 2.39 bits per heavy atom. The van der Waals surface area contributed by atoms with Gasteiger partial charge in [-0.3, -0.25) is 9.69 Å². The van der Waals surface area contributed by atoms with Gasteiger partial charge in [0.2, 0.25) is 0 Å². The van der Waals surface area contributed by atoms with Crippen LogP contribution in [0.3, 0.4) is 0 Å². The third-order valence-electron chi connectivity index (χ3n) is 9.75. The Bertz CT molecular complexity index is 955. The summed E-state index contributed by atoms with van der Waals surface area (Å²) in [5.74, 6) is 1.03.